The number of non-ortho nitro benzene ring substituents is 1. The van der Waals surface area contributed by atoms with Gasteiger partial charge in [0.25, 0.3) is 5.69 Å². The maximum absolute atomic E-state index is 11.0. The summed E-state index contributed by atoms with van der Waals surface area (Å²) in [6, 6.07) is 14.6. The van der Waals surface area contributed by atoms with Crippen molar-refractivity contribution in [2.75, 3.05) is 13.1 Å². The normalized spacial score (nSPS) is 11.5. The molecule has 3 rings (SSSR count). The molecule has 2 aromatic heterocycles. The molecule has 3 aromatic rings. The van der Waals surface area contributed by atoms with E-state index in [4.69, 9.17) is 0 Å². The first-order valence-corrected chi connectivity index (χ1v) is 11.2. The minimum atomic E-state index is -0.377. The molecule has 168 valence electrons. The maximum atomic E-state index is 11.0. The lowest BCUT2D eigenvalue weighted by Crippen LogP contribution is -2.41. The minimum absolute atomic E-state index is 0.0995. The summed E-state index contributed by atoms with van der Waals surface area (Å²) < 4.78 is 0. The van der Waals surface area contributed by atoms with Gasteiger partial charge in [0, 0.05) is 50.7 Å². The molecule has 2 heterocycles. The number of hydrogen-bond acceptors (Lipinski definition) is 8. The number of nitro groups is 1. The van der Waals surface area contributed by atoms with E-state index in [-0.39, 0.29) is 16.0 Å². The number of pyridine rings is 2. The van der Waals surface area contributed by atoms with Crippen LogP contribution in [0.25, 0.3) is 0 Å². The van der Waals surface area contributed by atoms with Crippen molar-refractivity contribution >= 4 is 30.9 Å². The molecule has 0 saturated carbocycles. The Morgan fingerprint density at radius 3 is 1.84 bits per heavy atom. The quantitative estimate of drug-likeness (QED) is 0.192. The summed E-state index contributed by atoms with van der Waals surface area (Å²) in [5, 5.41) is 19.5. The number of benzene rings is 1. The van der Waals surface area contributed by atoms with Crippen molar-refractivity contribution in [1.29, 1.82) is 0 Å². The molecule has 0 aliphatic rings. The molecule has 0 aliphatic carbocycles. The van der Waals surface area contributed by atoms with Crippen LogP contribution in [0.5, 0.6) is 0 Å². The van der Waals surface area contributed by atoms with Crippen LogP contribution in [0.3, 0.4) is 0 Å². The van der Waals surface area contributed by atoms with E-state index >= 15 is 0 Å². The Hall–Kier alpha value is -2.46. The van der Waals surface area contributed by atoms with Crippen LogP contribution in [0, 0.1) is 15.5 Å². The van der Waals surface area contributed by atoms with Crippen molar-refractivity contribution in [2.24, 2.45) is 5.41 Å². The second-order valence-corrected chi connectivity index (χ2v) is 8.94. The Morgan fingerprint density at radius 1 is 0.906 bits per heavy atom. The number of hydrogen-bond donors (Lipinski definition) is 4. The maximum Gasteiger partial charge on any atom is 0.269 e. The zero-order chi connectivity index (χ0) is 23.0. The molecule has 2 N–H and O–H groups in total. The van der Waals surface area contributed by atoms with Crippen LogP contribution in [-0.2, 0) is 19.5 Å². The smallest absolute Gasteiger partial charge is 0.269 e. The first-order valence-electron chi connectivity index (χ1n) is 10.3. The largest absolute Gasteiger partial charge is 0.312 e. The lowest BCUT2D eigenvalue weighted by Gasteiger charge is -2.31. The average Bonchev–Trinajstić information content (AvgIpc) is 2.77. The van der Waals surface area contributed by atoms with E-state index in [1.807, 2.05) is 36.4 Å². The summed E-state index contributed by atoms with van der Waals surface area (Å²) in [7, 11) is 0. The summed E-state index contributed by atoms with van der Waals surface area (Å²) >= 11 is 8.85. The van der Waals surface area contributed by atoms with Crippen molar-refractivity contribution in [3.63, 3.8) is 0 Å². The van der Waals surface area contributed by atoms with E-state index < -0.39 is 0 Å². The van der Waals surface area contributed by atoms with Crippen LogP contribution >= 0.6 is 25.3 Å². The van der Waals surface area contributed by atoms with Gasteiger partial charge in [-0.2, -0.15) is 0 Å². The molecule has 0 unspecified atom stereocenters. The molecule has 32 heavy (non-hydrogen) atoms. The fourth-order valence-corrected chi connectivity index (χ4v) is 3.99. The summed E-state index contributed by atoms with van der Waals surface area (Å²) in [4.78, 5) is 19.0. The van der Waals surface area contributed by atoms with Crippen LogP contribution < -0.4 is 10.6 Å². The van der Waals surface area contributed by atoms with Gasteiger partial charge in [-0.3, -0.25) is 10.1 Å². The van der Waals surface area contributed by atoms with Crippen LogP contribution in [0.4, 0.5) is 5.69 Å². The van der Waals surface area contributed by atoms with E-state index in [0.717, 1.165) is 36.2 Å². The lowest BCUT2D eigenvalue weighted by molar-refractivity contribution is -0.384. The Labute approximate surface area is 199 Å². The van der Waals surface area contributed by atoms with Crippen LogP contribution in [0.1, 0.15) is 23.6 Å². The van der Waals surface area contributed by atoms with Crippen LogP contribution in [0.15, 0.2) is 71.0 Å². The molecular formula is C23H27N5O2S2. The third-order valence-electron chi connectivity index (χ3n) is 5.25. The molecule has 9 heteroatoms. The summed E-state index contributed by atoms with van der Waals surface area (Å²) in [5.74, 6) is 0. The second-order valence-electron chi connectivity index (χ2n) is 8.09. The average molecular weight is 470 g/mol. The molecular weight excluding hydrogens is 442 g/mol. The predicted molar refractivity (Wildman–Crippen MR) is 131 cm³/mol. The van der Waals surface area contributed by atoms with E-state index in [0.29, 0.717) is 23.1 Å². The standard InChI is InChI=1S/C23H27N5O2S2/c1-23(12-17-6-8-20(9-7-17)28(29)30,15-24-13-18-4-2-10-26-21(18)31)16-25-14-19-5-3-11-27-22(19)32/h2-11,24-25H,12-16H2,1H3,(H,26,31)(H,27,32). The molecule has 1 aromatic carbocycles. The third-order valence-corrected chi connectivity index (χ3v) is 6.05. The van der Waals surface area contributed by atoms with Gasteiger partial charge in [0.15, 0.2) is 0 Å². The van der Waals surface area contributed by atoms with Gasteiger partial charge in [-0.25, -0.2) is 9.97 Å². The Bertz CT molecular complexity index is 995. The number of thiol groups is 2. The van der Waals surface area contributed by atoms with Gasteiger partial charge < -0.3 is 10.6 Å². The van der Waals surface area contributed by atoms with Gasteiger partial charge in [0.05, 0.1) is 15.0 Å². The van der Waals surface area contributed by atoms with Gasteiger partial charge >= 0.3 is 0 Å². The highest BCUT2D eigenvalue weighted by atomic mass is 32.1. The number of nitrogens with one attached hydrogen (secondary N) is 2. The zero-order valence-corrected chi connectivity index (χ0v) is 19.7. The monoisotopic (exact) mass is 469 g/mol. The summed E-state index contributed by atoms with van der Waals surface area (Å²) in [6.45, 7) is 4.99. The SMILES string of the molecule is CC(CNCc1cccnc1S)(CNCc1cccnc1S)Cc1ccc([N+](=O)[O-])cc1. The predicted octanol–water partition coefficient (Wildman–Crippen LogP) is 4.09. The van der Waals surface area contributed by atoms with E-state index in [1.165, 1.54) is 0 Å². The van der Waals surface area contributed by atoms with Crippen molar-refractivity contribution in [3.05, 3.63) is 87.7 Å². The molecule has 0 saturated heterocycles. The molecule has 0 aliphatic heterocycles. The van der Waals surface area contributed by atoms with Gasteiger partial charge in [0.1, 0.15) is 0 Å². The highest BCUT2D eigenvalue weighted by molar-refractivity contribution is 7.80. The van der Waals surface area contributed by atoms with Gasteiger partial charge in [-0.15, -0.1) is 25.3 Å². The van der Waals surface area contributed by atoms with Gasteiger partial charge in [-0.1, -0.05) is 31.2 Å². The van der Waals surface area contributed by atoms with Crippen molar-refractivity contribution < 1.29 is 4.92 Å². The fraction of sp³-hybridized carbons (Fsp3) is 0.304. The number of aromatic nitrogens is 2. The highest BCUT2D eigenvalue weighted by Gasteiger charge is 2.25. The molecule has 0 bridgehead atoms. The first-order chi connectivity index (χ1) is 15.4. The minimum Gasteiger partial charge on any atom is -0.312 e. The molecule has 0 fully saturated rings. The van der Waals surface area contributed by atoms with Gasteiger partial charge in [-0.05, 0) is 40.7 Å². The second kappa shape index (κ2) is 11.4. The third kappa shape index (κ3) is 7.03. The number of rotatable bonds is 11. The summed E-state index contributed by atoms with van der Waals surface area (Å²) in [5.41, 5.74) is 3.08. The molecule has 0 radical (unpaired) electrons. The van der Waals surface area contributed by atoms with E-state index in [9.17, 15) is 10.1 Å². The molecule has 0 atom stereocenters. The zero-order valence-electron chi connectivity index (χ0n) is 17.9. The Morgan fingerprint density at radius 2 is 1.41 bits per heavy atom. The van der Waals surface area contributed by atoms with Crippen LogP contribution in [0.2, 0.25) is 0 Å². The topological polar surface area (TPSA) is 93.0 Å². The Kier molecular flexibility index (Phi) is 8.63. The highest BCUT2D eigenvalue weighted by Crippen LogP contribution is 2.24. The Balaban J connectivity index is 1.67. The van der Waals surface area contributed by atoms with Gasteiger partial charge in [0.2, 0.25) is 0 Å². The first kappa shape index (κ1) is 24.2. The number of nitro benzene ring substituents is 1. The molecule has 0 amide bonds. The van der Waals surface area contributed by atoms with Crippen LogP contribution in [-0.4, -0.2) is 28.0 Å². The van der Waals surface area contributed by atoms with E-state index in [2.05, 4.69) is 52.8 Å². The fourth-order valence-electron chi connectivity index (χ4n) is 3.55. The molecule has 7 nitrogen and oxygen atoms in total. The number of nitrogens with zero attached hydrogens (tertiary/aromatic N) is 3. The van der Waals surface area contributed by atoms with Crippen molar-refractivity contribution in [2.45, 2.75) is 36.5 Å². The van der Waals surface area contributed by atoms with Crippen molar-refractivity contribution in [3.8, 4) is 0 Å². The van der Waals surface area contributed by atoms with E-state index in [1.54, 1.807) is 24.5 Å². The lowest BCUT2D eigenvalue weighted by atomic mass is 9.83. The summed E-state index contributed by atoms with van der Waals surface area (Å²) in [6.07, 6.45) is 4.21. The van der Waals surface area contributed by atoms with Crippen molar-refractivity contribution in [1.82, 2.24) is 20.6 Å². The molecule has 0 spiro atoms.